The van der Waals surface area contributed by atoms with E-state index in [9.17, 15) is 0 Å². The topological polar surface area (TPSA) is 63.3 Å². The molecule has 1 fully saturated rings. The fourth-order valence-electron chi connectivity index (χ4n) is 0.965. The van der Waals surface area contributed by atoms with E-state index in [4.69, 9.17) is 15.6 Å². The number of hydrogen-bond acceptors (Lipinski definition) is 2. The van der Waals surface area contributed by atoms with Gasteiger partial charge in [0.25, 0.3) is 6.47 Å². The number of nitrogens with two attached hydrogens (primary N) is 1. The van der Waals surface area contributed by atoms with Crippen LogP contribution in [-0.2, 0) is 4.79 Å². The molecule has 1 saturated carbocycles. The van der Waals surface area contributed by atoms with Crippen molar-refractivity contribution in [3.8, 4) is 0 Å². The largest absolute Gasteiger partial charge is 0.483 e. The predicted octanol–water partition coefficient (Wildman–Crippen LogP) is 0.444. The summed E-state index contributed by atoms with van der Waals surface area (Å²) in [7, 11) is 0. The average molecular weight is 131 g/mol. The molecular formula is C6H13NO2. The zero-order valence-electron chi connectivity index (χ0n) is 5.58. The van der Waals surface area contributed by atoms with E-state index in [1.807, 2.05) is 0 Å². The van der Waals surface area contributed by atoms with E-state index < -0.39 is 0 Å². The van der Waals surface area contributed by atoms with Crippen LogP contribution in [0.5, 0.6) is 0 Å². The van der Waals surface area contributed by atoms with Crippen molar-refractivity contribution in [1.82, 2.24) is 0 Å². The van der Waals surface area contributed by atoms with Crippen molar-refractivity contribution in [2.45, 2.75) is 25.8 Å². The van der Waals surface area contributed by atoms with Crippen LogP contribution in [0.1, 0.15) is 19.8 Å². The molecule has 0 amide bonds. The van der Waals surface area contributed by atoms with Gasteiger partial charge in [-0.1, -0.05) is 6.92 Å². The van der Waals surface area contributed by atoms with Gasteiger partial charge in [0.1, 0.15) is 0 Å². The van der Waals surface area contributed by atoms with Crippen LogP contribution in [0.25, 0.3) is 0 Å². The Kier molecular flexibility index (Phi) is 4.05. The molecule has 1 rings (SSSR count). The average Bonchev–Trinajstić information content (AvgIpc) is 1.65. The van der Waals surface area contributed by atoms with Crippen molar-refractivity contribution in [2.24, 2.45) is 11.7 Å². The van der Waals surface area contributed by atoms with Gasteiger partial charge < -0.3 is 10.8 Å². The lowest BCUT2D eigenvalue weighted by atomic mass is 9.83. The summed E-state index contributed by atoms with van der Waals surface area (Å²) in [5.41, 5.74) is 5.47. The molecule has 0 radical (unpaired) electrons. The minimum Gasteiger partial charge on any atom is -0.483 e. The molecule has 0 atom stereocenters. The Morgan fingerprint density at radius 2 is 2.00 bits per heavy atom. The van der Waals surface area contributed by atoms with Crippen molar-refractivity contribution in [2.75, 3.05) is 0 Å². The first-order chi connectivity index (χ1) is 4.20. The lowest BCUT2D eigenvalue weighted by Crippen LogP contribution is -2.34. The van der Waals surface area contributed by atoms with Gasteiger partial charge in [-0.05, 0) is 18.8 Å². The Balaban J connectivity index is 0.000000187. The molecule has 3 heteroatoms. The Hall–Kier alpha value is -0.570. The van der Waals surface area contributed by atoms with Gasteiger partial charge in [0, 0.05) is 6.04 Å². The van der Waals surface area contributed by atoms with Crippen LogP contribution in [-0.4, -0.2) is 17.6 Å². The lowest BCUT2D eigenvalue weighted by molar-refractivity contribution is -0.122. The zero-order valence-corrected chi connectivity index (χ0v) is 5.58. The van der Waals surface area contributed by atoms with Crippen LogP contribution in [0.3, 0.4) is 0 Å². The smallest absolute Gasteiger partial charge is 0.290 e. The highest BCUT2D eigenvalue weighted by molar-refractivity contribution is 5.32. The molecule has 0 saturated heterocycles. The number of hydrogen-bond donors (Lipinski definition) is 2. The van der Waals surface area contributed by atoms with Crippen molar-refractivity contribution in [3.63, 3.8) is 0 Å². The van der Waals surface area contributed by atoms with Gasteiger partial charge in [0.2, 0.25) is 0 Å². The fourth-order valence-corrected chi connectivity index (χ4v) is 0.965. The van der Waals surface area contributed by atoms with Gasteiger partial charge in [-0.15, -0.1) is 0 Å². The van der Waals surface area contributed by atoms with Crippen LogP contribution < -0.4 is 5.73 Å². The molecule has 0 aromatic rings. The predicted molar refractivity (Wildman–Crippen MR) is 35.1 cm³/mol. The maximum atomic E-state index is 8.36. The molecule has 3 nitrogen and oxygen atoms in total. The minimum absolute atomic E-state index is 0.250. The summed E-state index contributed by atoms with van der Waals surface area (Å²) in [4.78, 5) is 8.36. The molecule has 0 aromatic carbocycles. The van der Waals surface area contributed by atoms with Crippen LogP contribution >= 0.6 is 0 Å². The third-order valence-corrected chi connectivity index (χ3v) is 1.41. The van der Waals surface area contributed by atoms with Gasteiger partial charge in [-0.3, -0.25) is 4.79 Å². The van der Waals surface area contributed by atoms with Crippen LogP contribution in [0, 0.1) is 5.92 Å². The number of carboxylic acid groups (broad SMARTS) is 1. The number of rotatable bonds is 0. The van der Waals surface area contributed by atoms with Gasteiger partial charge in [0.05, 0.1) is 0 Å². The summed E-state index contributed by atoms with van der Waals surface area (Å²) < 4.78 is 0. The molecule has 54 valence electrons. The second-order valence-corrected chi connectivity index (χ2v) is 2.44. The third-order valence-electron chi connectivity index (χ3n) is 1.41. The maximum absolute atomic E-state index is 8.36. The van der Waals surface area contributed by atoms with E-state index in [2.05, 4.69) is 6.92 Å². The Labute approximate surface area is 54.9 Å². The second kappa shape index (κ2) is 4.32. The molecule has 1 aliphatic rings. The highest BCUT2D eigenvalue weighted by atomic mass is 16.3. The quantitative estimate of drug-likeness (QED) is 0.469. The monoisotopic (exact) mass is 131 g/mol. The first-order valence-corrected chi connectivity index (χ1v) is 3.04. The van der Waals surface area contributed by atoms with Crippen molar-refractivity contribution in [1.29, 1.82) is 0 Å². The number of carbonyl (C=O) groups is 1. The molecule has 0 bridgehead atoms. The van der Waals surface area contributed by atoms with E-state index in [1.54, 1.807) is 0 Å². The normalized spacial score (nSPS) is 31.3. The summed E-state index contributed by atoms with van der Waals surface area (Å²) in [6.45, 7) is 1.99. The Morgan fingerprint density at radius 1 is 1.67 bits per heavy atom. The van der Waals surface area contributed by atoms with Gasteiger partial charge in [0.15, 0.2) is 0 Å². The van der Waals surface area contributed by atoms with E-state index in [1.165, 1.54) is 12.8 Å². The summed E-state index contributed by atoms with van der Waals surface area (Å²) in [6.07, 6.45) is 2.50. The fraction of sp³-hybridized carbons (Fsp3) is 0.833. The molecule has 3 N–H and O–H groups in total. The Morgan fingerprint density at radius 3 is 2.00 bits per heavy atom. The lowest BCUT2D eigenvalue weighted by Gasteiger charge is -2.28. The van der Waals surface area contributed by atoms with Crippen LogP contribution in [0.2, 0.25) is 0 Å². The highest BCUT2D eigenvalue weighted by Crippen LogP contribution is 2.23. The summed E-state index contributed by atoms with van der Waals surface area (Å²) >= 11 is 0. The van der Waals surface area contributed by atoms with E-state index in [0.29, 0.717) is 6.04 Å². The van der Waals surface area contributed by atoms with E-state index in [-0.39, 0.29) is 6.47 Å². The molecule has 0 spiro atoms. The van der Waals surface area contributed by atoms with Crippen molar-refractivity contribution < 1.29 is 9.90 Å². The van der Waals surface area contributed by atoms with Gasteiger partial charge >= 0.3 is 0 Å². The van der Waals surface area contributed by atoms with Gasteiger partial charge in [-0.2, -0.15) is 0 Å². The highest BCUT2D eigenvalue weighted by Gasteiger charge is 2.20. The third kappa shape index (κ3) is 3.97. The summed E-state index contributed by atoms with van der Waals surface area (Å²) in [5, 5.41) is 6.89. The maximum Gasteiger partial charge on any atom is 0.290 e. The standard InChI is InChI=1S/C5H11N.CH2O2/c1-4-2-5(6)3-4;2-1-3/h4-5H,2-3,6H2,1H3;1H,(H,2,3). The molecule has 1 aliphatic carbocycles. The first kappa shape index (κ1) is 8.43. The van der Waals surface area contributed by atoms with Gasteiger partial charge in [-0.25, -0.2) is 0 Å². The Bertz CT molecular complexity index is 73.1. The molecule has 0 unspecified atom stereocenters. The van der Waals surface area contributed by atoms with E-state index in [0.717, 1.165) is 5.92 Å². The molecule has 0 aliphatic heterocycles. The van der Waals surface area contributed by atoms with Crippen molar-refractivity contribution >= 4 is 6.47 Å². The first-order valence-electron chi connectivity index (χ1n) is 3.04. The molecule has 0 heterocycles. The molecular weight excluding hydrogens is 118 g/mol. The SMILES string of the molecule is CC1CC(N)C1.O=CO. The molecule has 9 heavy (non-hydrogen) atoms. The minimum atomic E-state index is -0.250. The molecule has 0 aromatic heterocycles. The second-order valence-electron chi connectivity index (χ2n) is 2.44. The summed E-state index contributed by atoms with van der Waals surface area (Å²) in [6, 6.07) is 0.542. The summed E-state index contributed by atoms with van der Waals surface area (Å²) in [5.74, 6) is 0.917. The van der Waals surface area contributed by atoms with E-state index >= 15 is 0 Å². The zero-order chi connectivity index (χ0) is 7.28. The van der Waals surface area contributed by atoms with Crippen molar-refractivity contribution in [3.05, 3.63) is 0 Å². The van der Waals surface area contributed by atoms with Crippen LogP contribution in [0.4, 0.5) is 0 Å². The van der Waals surface area contributed by atoms with Crippen LogP contribution in [0.15, 0.2) is 0 Å².